The zero-order chi connectivity index (χ0) is 30.0. The summed E-state index contributed by atoms with van der Waals surface area (Å²) >= 11 is 0. The van der Waals surface area contributed by atoms with Crippen LogP contribution in [-0.2, 0) is 55.4 Å². The molecule has 0 saturated heterocycles. The molecule has 0 unspecified atom stereocenters. The van der Waals surface area contributed by atoms with Gasteiger partial charge in [-0.15, -0.1) is 0 Å². The molecule has 1 radical (unpaired) electrons. The summed E-state index contributed by atoms with van der Waals surface area (Å²) in [5.41, 5.74) is 0. The van der Waals surface area contributed by atoms with Crippen molar-refractivity contribution in [2.75, 3.05) is 39.3 Å². The van der Waals surface area contributed by atoms with Crippen molar-refractivity contribution in [1.82, 2.24) is 9.80 Å². The van der Waals surface area contributed by atoms with Crippen LogP contribution in [0.5, 0.6) is 0 Å². The number of carbonyl (C=O) groups excluding carboxylic acids is 5. The van der Waals surface area contributed by atoms with Crippen molar-refractivity contribution in [2.24, 2.45) is 0 Å². The van der Waals surface area contributed by atoms with Gasteiger partial charge in [-0.25, -0.2) is 0 Å². The molecule has 3 N–H and O–H groups in total. The third kappa shape index (κ3) is 115. The normalized spacial score (nSPS) is 8.05. The summed E-state index contributed by atoms with van der Waals surface area (Å²) in [7, 11) is 0. The maximum Gasteiger partial charge on any atom is 3.00 e. The Bertz CT molecular complexity index is 608. The van der Waals surface area contributed by atoms with Gasteiger partial charge in [-0.05, 0) is 6.92 Å². The molecular weight excluding hydrogens is 602 g/mol. The first-order chi connectivity index (χ1) is 16.1. The Morgan fingerprint density at radius 1 is 0.487 bits per heavy atom. The average molecular weight is 629 g/mol. The van der Waals surface area contributed by atoms with Crippen LogP contribution < -0.4 is 84.6 Å². The summed E-state index contributed by atoms with van der Waals surface area (Å²) in [6, 6.07) is 0. The van der Waals surface area contributed by atoms with E-state index in [0.29, 0.717) is 0 Å². The zero-order valence-corrected chi connectivity index (χ0v) is 27.2. The van der Waals surface area contributed by atoms with Gasteiger partial charge in [0.25, 0.3) is 17.9 Å². The molecule has 0 amide bonds. The molecule has 0 atom stereocenters. The van der Waals surface area contributed by atoms with Gasteiger partial charge in [0.1, 0.15) is 0 Å². The standard InChI is InChI=1S/C10H16N2O8.4C2H4O2.Fe.2Na/c13-7(14)3-11(4-8(15)16)1-2-12(5-9(17)18)6-10(19)20;4*1-2(3)4;;;/h1-6H2,(H,13,14)(H,15,16)(H,17,18)(H,19,20);4*1H3,(H,3,4);;;/q;;;;;+3;2*+1/p-5. The van der Waals surface area contributed by atoms with Crippen LogP contribution >= 0.6 is 0 Å². The Morgan fingerprint density at radius 2 is 0.590 bits per heavy atom. The smallest absolute Gasteiger partial charge is 0.550 e. The molecule has 0 heterocycles. The summed E-state index contributed by atoms with van der Waals surface area (Å²) < 4.78 is 0. The zero-order valence-electron chi connectivity index (χ0n) is 22.1. The van der Waals surface area contributed by atoms with Crippen molar-refractivity contribution in [1.29, 1.82) is 0 Å². The number of hydrogen-bond acceptors (Lipinski definition) is 15. The molecule has 18 nitrogen and oxygen atoms in total. The van der Waals surface area contributed by atoms with E-state index in [1.807, 2.05) is 0 Å². The van der Waals surface area contributed by atoms with Gasteiger partial charge in [-0.2, -0.15) is 0 Å². The molecule has 0 saturated carbocycles. The molecule has 0 spiro atoms. The number of nitrogens with zero attached hydrogens (tertiary/aromatic N) is 2. The van der Waals surface area contributed by atoms with Gasteiger partial charge < -0.3 is 64.8 Å². The van der Waals surface area contributed by atoms with Crippen LogP contribution in [-0.4, -0.2) is 112 Å². The fourth-order valence-corrected chi connectivity index (χ4v) is 1.44. The van der Waals surface area contributed by atoms with Crippen LogP contribution in [0.25, 0.3) is 0 Å². The predicted molar refractivity (Wildman–Crippen MR) is 104 cm³/mol. The van der Waals surface area contributed by atoms with E-state index >= 15 is 0 Å². The summed E-state index contributed by atoms with van der Waals surface area (Å²) in [6.45, 7) is 0.971. The molecule has 0 aromatic rings. The Hall–Kier alpha value is -1.80. The van der Waals surface area contributed by atoms with Crippen LogP contribution in [0, 0.1) is 0 Å². The molecule has 0 aliphatic carbocycles. The first-order valence-electron chi connectivity index (χ1n) is 9.14. The maximum absolute atomic E-state index is 10.4. The number of carboxylic acid groups (broad SMARTS) is 8. The molecule has 0 fully saturated rings. The first-order valence-corrected chi connectivity index (χ1v) is 9.14. The van der Waals surface area contributed by atoms with Crippen molar-refractivity contribution in [3.05, 3.63) is 0 Å². The molecule has 21 heteroatoms. The number of hydrogen-bond donors (Lipinski definition) is 3. The van der Waals surface area contributed by atoms with Gasteiger partial charge in [-0.1, -0.05) is 0 Å². The van der Waals surface area contributed by atoms with Gasteiger partial charge in [0.05, 0.1) is 23.9 Å². The SMILES string of the molecule is CC(=O)O.CC(=O)O.CC(=O)O.CC(=O)[O-].O=C([O-])CN(CCN(CC(=O)[O-])CC(=O)[O-])CC(=O)[O-].[Fe+3].[Na+].[Na+]. The van der Waals surface area contributed by atoms with Crippen molar-refractivity contribution in [3.63, 3.8) is 0 Å². The third-order valence-corrected chi connectivity index (χ3v) is 2.14. The number of carbonyl (C=O) groups is 8. The van der Waals surface area contributed by atoms with Crippen LogP contribution in [0.2, 0.25) is 0 Å². The Labute approximate surface area is 278 Å². The molecule has 215 valence electrons. The quantitative estimate of drug-likeness (QED) is 0.179. The van der Waals surface area contributed by atoms with Crippen LogP contribution in [0.1, 0.15) is 27.7 Å². The van der Waals surface area contributed by atoms with Crippen molar-refractivity contribution < 1.29 is 155 Å². The largest absolute Gasteiger partial charge is 3.00 e. The molecule has 0 aliphatic heterocycles. The molecule has 0 aromatic carbocycles. The second kappa shape index (κ2) is 38.3. The van der Waals surface area contributed by atoms with Gasteiger partial charge in [0.2, 0.25) is 0 Å². The topological polar surface area (TPSA) is 319 Å². The van der Waals surface area contributed by atoms with E-state index in [1.165, 1.54) is 0 Å². The number of rotatable bonds is 11. The fraction of sp³-hybridized carbons (Fsp3) is 0.556. The Morgan fingerprint density at radius 3 is 0.667 bits per heavy atom. The summed E-state index contributed by atoms with van der Waals surface area (Å²) in [4.78, 5) is 79.3. The van der Waals surface area contributed by atoms with E-state index in [-0.39, 0.29) is 89.3 Å². The molecule has 0 aliphatic rings. The first kappa shape index (κ1) is 57.2. The minimum atomic E-state index is -1.53. The van der Waals surface area contributed by atoms with Crippen molar-refractivity contribution in [3.8, 4) is 0 Å². The van der Waals surface area contributed by atoms with Gasteiger partial charge in [0, 0.05) is 66.0 Å². The minimum absolute atomic E-state index is 0. The van der Waals surface area contributed by atoms with Gasteiger partial charge >= 0.3 is 76.2 Å². The van der Waals surface area contributed by atoms with E-state index in [2.05, 4.69) is 0 Å². The van der Waals surface area contributed by atoms with Crippen molar-refractivity contribution >= 4 is 47.8 Å². The molecule has 0 rings (SSSR count). The third-order valence-electron chi connectivity index (χ3n) is 2.14. The average Bonchev–Trinajstić information content (AvgIpc) is 2.55. The summed E-state index contributed by atoms with van der Waals surface area (Å²) in [5.74, 6) is -9.70. The second-order valence-corrected chi connectivity index (χ2v) is 5.96. The van der Waals surface area contributed by atoms with Crippen LogP contribution in [0.4, 0.5) is 0 Å². The van der Waals surface area contributed by atoms with Gasteiger partial charge in [0.15, 0.2) is 0 Å². The van der Waals surface area contributed by atoms with Crippen molar-refractivity contribution in [2.45, 2.75) is 27.7 Å². The van der Waals surface area contributed by atoms with Crippen LogP contribution in [0.3, 0.4) is 0 Å². The minimum Gasteiger partial charge on any atom is -0.550 e. The van der Waals surface area contributed by atoms with E-state index in [0.717, 1.165) is 37.5 Å². The molecule has 39 heavy (non-hydrogen) atoms. The predicted octanol–water partition coefficient (Wildman–Crippen LogP) is -14.4. The summed E-state index contributed by atoms with van der Waals surface area (Å²) in [6.07, 6.45) is 0. The number of carboxylic acids is 8. The molecule has 0 aromatic heterocycles. The molecular formula is C18H27FeN2Na2O16. The fourth-order valence-electron chi connectivity index (χ4n) is 1.44. The monoisotopic (exact) mass is 629 g/mol. The number of aliphatic carboxylic acids is 8. The van der Waals surface area contributed by atoms with E-state index < -0.39 is 73.9 Å². The van der Waals surface area contributed by atoms with E-state index in [4.69, 9.17) is 39.6 Å². The van der Waals surface area contributed by atoms with Gasteiger partial charge in [-0.3, -0.25) is 24.2 Å². The molecule has 0 bridgehead atoms. The summed E-state index contributed by atoms with van der Waals surface area (Å²) in [5, 5.41) is 72.8. The van der Waals surface area contributed by atoms with E-state index in [1.54, 1.807) is 0 Å². The van der Waals surface area contributed by atoms with Crippen LogP contribution in [0.15, 0.2) is 0 Å². The Kier molecular flexibility index (Phi) is 56.2. The second-order valence-electron chi connectivity index (χ2n) is 5.96. The maximum atomic E-state index is 10.4. The van der Waals surface area contributed by atoms with E-state index in [9.17, 15) is 39.6 Å². The Balaban J connectivity index is -0.0000000694.